The number of thiazole rings is 1. The summed E-state index contributed by atoms with van der Waals surface area (Å²) in [5.74, 6) is -0.0680. The molecule has 0 unspecified atom stereocenters. The van der Waals surface area contributed by atoms with E-state index in [1.165, 1.54) is 11.3 Å². The normalized spacial score (nSPS) is 11.9. The summed E-state index contributed by atoms with van der Waals surface area (Å²) in [4.78, 5) is 16.5. The molecule has 0 aliphatic rings. The zero-order valence-corrected chi connectivity index (χ0v) is 14.7. The highest BCUT2D eigenvalue weighted by Crippen LogP contribution is 2.24. The van der Waals surface area contributed by atoms with Crippen LogP contribution in [-0.4, -0.2) is 16.9 Å². The van der Waals surface area contributed by atoms with Crippen LogP contribution in [0.4, 0.5) is 10.8 Å². The van der Waals surface area contributed by atoms with Crippen molar-refractivity contribution in [3.05, 3.63) is 65.5 Å². The lowest BCUT2D eigenvalue weighted by Gasteiger charge is -2.14. The molecule has 0 fully saturated rings. The Labute approximate surface area is 150 Å². The Morgan fingerprint density at radius 3 is 2.52 bits per heavy atom. The molecule has 0 aliphatic heterocycles. The number of rotatable bonds is 6. The van der Waals surface area contributed by atoms with Gasteiger partial charge in [-0.2, -0.15) is 0 Å². The molecule has 0 saturated carbocycles. The molecule has 25 heavy (non-hydrogen) atoms. The largest absolute Gasteiger partial charge is 0.375 e. The zero-order valence-electron chi connectivity index (χ0n) is 13.9. The maximum absolute atomic E-state index is 12.3. The fourth-order valence-corrected chi connectivity index (χ4v) is 2.93. The Morgan fingerprint density at radius 1 is 1.16 bits per heavy atom. The number of nitrogen functional groups attached to an aromatic ring is 1. The molecule has 1 amide bonds. The van der Waals surface area contributed by atoms with E-state index >= 15 is 0 Å². The Morgan fingerprint density at radius 2 is 1.88 bits per heavy atom. The van der Waals surface area contributed by atoms with Crippen LogP contribution in [0.2, 0.25) is 0 Å². The van der Waals surface area contributed by atoms with Crippen molar-refractivity contribution >= 4 is 28.1 Å². The van der Waals surface area contributed by atoms with E-state index in [0.29, 0.717) is 11.7 Å². The molecule has 1 aromatic heterocycles. The first-order chi connectivity index (χ1) is 12.1. The van der Waals surface area contributed by atoms with Gasteiger partial charge in [0.15, 0.2) is 5.13 Å². The van der Waals surface area contributed by atoms with Gasteiger partial charge >= 0.3 is 0 Å². The summed E-state index contributed by atoms with van der Waals surface area (Å²) in [6, 6.07) is 17.3. The number of benzene rings is 2. The van der Waals surface area contributed by atoms with Gasteiger partial charge in [-0.15, -0.1) is 11.3 Å². The second kappa shape index (κ2) is 7.92. The van der Waals surface area contributed by atoms with Crippen molar-refractivity contribution in [1.82, 2.24) is 10.3 Å². The molecule has 1 atom stereocenters. The molecule has 3 aromatic rings. The maximum atomic E-state index is 12.3. The molecular weight excluding hydrogens is 332 g/mol. The summed E-state index contributed by atoms with van der Waals surface area (Å²) >= 11 is 1.41. The van der Waals surface area contributed by atoms with Crippen LogP contribution in [0.3, 0.4) is 0 Å². The van der Waals surface area contributed by atoms with E-state index in [9.17, 15) is 4.79 Å². The van der Waals surface area contributed by atoms with Gasteiger partial charge in [-0.1, -0.05) is 42.5 Å². The van der Waals surface area contributed by atoms with Crippen molar-refractivity contribution < 1.29 is 4.79 Å². The van der Waals surface area contributed by atoms with Crippen molar-refractivity contribution in [2.24, 2.45) is 0 Å². The Bertz CT molecular complexity index is 830. The summed E-state index contributed by atoms with van der Waals surface area (Å²) in [6.45, 7) is 2.50. The van der Waals surface area contributed by atoms with E-state index in [-0.39, 0.29) is 11.9 Å². The van der Waals surface area contributed by atoms with Crippen LogP contribution in [0, 0.1) is 0 Å². The standard InChI is InChI=1S/C19H20N4OS/c1-13(21-11-14-5-3-2-4-6-14)18(24)22-16-9-7-15(8-10-16)17-12-25-19(20)23-17/h2-10,12-13,21H,11H2,1H3,(H2,20,23)(H,22,24)/t13-/m0/s1. The predicted octanol–water partition coefficient (Wildman–Crippen LogP) is 3.51. The number of nitrogens with zero attached hydrogens (tertiary/aromatic N) is 1. The number of nitrogens with two attached hydrogens (primary N) is 1. The van der Waals surface area contributed by atoms with Gasteiger partial charge in [0.05, 0.1) is 11.7 Å². The number of aromatic nitrogens is 1. The summed E-state index contributed by atoms with van der Waals surface area (Å²) in [5.41, 5.74) is 9.38. The Kier molecular flexibility index (Phi) is 5.42. The van der Waals surface area contributed by atoms with Crippen LogP contribution < -0.4 is 16.4 Å². The maximum Gasteiger partial charge on any atom is 0.241 e. The molecule has 0 saturated heterocycles. The minimum Gasteiger partial charge on any atom is -0.375 e. The van der Waals surface area contributed by atoms with E-state index in [4.69, 9.17) is 5.73 Å². The second-order valence-corrected chi connectivity index (χ2v) is 6.62. The first-order valence-electron chi connectivity index (χ1n) is 8.01. The van der Waals surface area contributed by atoms with E-state index in [1.807, 2.05) is 66.9 Å². The number of nitrogens with one attached hydrogen (secondary N) is 2. The molecule has 4 N–H and O–H groups in total. The minimum atomic E-state index is -0.293. The van der Waals surface area contributed by atoms with Crippen LogP contribution in [0.1, 0.15) is 12.5 Å². The highest BCUT2D eigenvalue weighted by molar-refractivity contribution is 7.13. The summed E-state index contributed by atoms with van der Waals surface area (Å²) in [7, 11) is 0. The molecule has 6 heteroatoms. The molecular formula is C19H20N4OS. The molecule has 1 heterocycles. The smallest absolute Gasteiger partial charge is 0.241 e. The average molecular weight is 352 g/mol. The van der Waals surface area contributed by atoms with E-state index in [2.05, 4.69) is 15.6 Å². The number of hydrogen-bond acceptors (Lipinski definition) is 5. The monoisotopic (exact) mass is 352 g/mol. The van der Waals surface area contributed by atoms with Gasteiger partial charge in [-0.05, 0) is 24.6 Å². The fraction of sp³-hybridized carbons (Fsp3) is 0.158. The number of amides is 1. The highest BCUT2D eigenvalue weighted by atomic mass is 32.1. The van der Waals surface area contributed by atoms with Crippen molar-refractivity contribution in [3.63, 3.8) is 0 Å². The second-order valence-electron chi connectivity index (χ2n) is 5.73. The van der Waals surface area contributed by atoms with Crippen LogP contribution >= 0.6 is 11.3 Å². The van der Waals surface area contributed by atoms with Gasteiger partial charge in [0.2, 0.25) is 5.91 Å². The Hall–Kier alpha value is -2.70. The van der Waals surface area contributed by atoms with Gasteiger partial charge in [-0.3, -0.25) is 4.79 Å². The van der Waals surface area contributed by atoms with Crippen molar-refractivity contribution in [2.45, 2.75) is 19.5 Å². The fourth-order valence-electron chi connectivity index (χ4n) is 2.35. The molecule has 128 valence electrons. The molecule has 0 aliphatic carbocycles. The third kappa shape index (κ3) is 4.65. The van der Waals surface area contributed by atoms with Crippen LogP contribution in [0.15, 0.2) is 60.0 Å². The molecule has 3 rings (SSSR count). The molecule has 0 radical (unpaired) electrons. The van der Waals surface area contributed by atoms with Crippen molar-refractivity contribution in [1.29, 1.82) is 0 Å². The average Bonchev–Trinajstić information content (AvgIpc) is 3.07. The number of anilines is 2. The first-order valence-corrected chi connectivity index (χ1v) is 8.89. The third-order valence-corrected chi connectivity index (χ3v) is 4.49. The third-order valence-electron chi connectivity index (χ3n) is 3.82. The summed E-state index contributed by atoms with van der Waals surface area (Å²) < 4.78 is 0. The van der Waals surface area contributed by atoms with E-state index in [0.717, 1.165) is 22.5 Å². The SMILES string of the molecule is C[C@H](NCc1ccccc1)C(=O)Nc1ccc(-c2csc(N)n2)cc1. The first kappa shape index (κ1) is 17.1. The highest BCUT2D eigenvalue weighted by Gasteiger charge is 2.12. The Balaban J connectivity index is 1.55. The topological polar surface area (TPSA) is 80.0 Å². The zero-order chi connectivity index (χ0) is 17.6. The summed E-state index contributed by atoms with van der Waals surface area (Å²) in [5, 5.41) is 8.60. The molecule has 0 bridgehead atoms. The van der Waals surface area contributed by atoms with Crippen LogP contribution in [0.25, 0.3) is 11.3 Å². The van der Waals surface area contributed by atoms with Crippen molar-refractivity contribution in [2.75, 3.05) is 11.1 Å². The van der Waals surface area contributed by atoms with Gasteiger partial charge in [0.25, 0.3) is 0 Å². The van der Waals surface area contributed by atoms with Crippen molar-refractivity contribution in [3.8, 4) is 11.3 Å². The molecule has 0 spiro atoms. The van der Waals surface area contributed by atoms with E-state index < -0.39 is 0 Å². The van der Waals surface area contributed by atoms with Gasteiger partial charge in [0.1, 0.15) is 0 Å². The minimum absolute atomic E-state index is 0.0680. The quantitative estimate of drug-likeness (QED) is 0.634. The van der Waals surface area contributed by atoms with E-state index in [1.54, 1.807) is 0 Å². The lowest BCUT2D eigenvalue weighted by molar-refractivity contribution is -0.117. The number of carbonyl (C=O) groups excluding carboxylic acids is 1. The van der Waals surface area contributed by atoms with Gasteiger partial charge in [-0.25, -0.2) is 4.98 Å². The predicted molar refractivity (Wildman–Crippen MR) is 103 cm³/mol. The van der Waals surface area contributed by atoms with Crippen LogP contribution in [-0.2, 0) is 11.3 Å². The van der Waals surface area contributed by atoms with Gasteiger partial charge < -0.3 is 16.4 Å². The number of carbonyl (C=O) groups is 1. The lowest BCUT2D eigenvalue weighted by Crippen LogP contribution is -2.37. The van der Waals surface area contributed by atoms with Crippen LogP contribution in [0.5, 0.6) is 0 Å². The summed E-state index contributed by atoms with van der Waals surface area (Å²) in [6.07, 6.45) is 0. The van der Waals surface area contributed by atoms with Gasteiger partial charge in [0, 0.05) is 23.2 Å². The molecule has 2 aromatic carbocycles. The molecule has 5 nitrogen and oxygen atoms in total. The lowest BCUT2D eigenvalue weighted by atomic mass is 10.1. The number of hydrogen-bond donors (Lipinski definition) is 3.